The molecular formula is C23H21BrN4O2S. The summed E-state index contributed by atoms with van der Waals surface area (Å²) in [5.74, 6) is 1.55. The molecule has 3 heterocycles. The number of aromatic nitrogens is 3. The van der Waals surface area contributed by atoms with Crippen LogP contribution in [0.1, 0.15) is 40.2 Å². The zero-order valence-electron chi connectivity index (χ0n) is 17.2. The topological polar surface area (TPSA) is 71.1 Å². The van der Waals surface area contributed by atoms with Crippen molar-refractivity contribution in [1.29, 1.82) is 0 Å². The van der Waals surface area contributed by atoms with Crippen LogP contribution in [0.3, 0.4) is 0 Å². The highest BCUT2D eigenvalue weighted by atomic mass is 79.9. The van der Waals surface area contributed by atoms with Crippen LogP contribution in [-0.2, 0) is 0 Å². The lowest BCUT2D eigenvalue weighted by molar-refractivity contribution is 0.0726. The first kappa shape index (κ1) is 20.2. The van der Waals surface area contributed by atoms with Gasteiger partial charge in [-0.1, -0.05) is 28.1 Å². The smallest absolute Gasteiger partial charge is 0.274 e. The Hall–Kier alpha value is -2.71. The van der Waals surface area contributed by atoms with Crippen molar-refractivity contribution in [3.05, 3.63) is 63.5 Å². The lowest BCUT2D eigenvalue weighted by Crippen LogP contribution is -2.31. The summed E-state index contributed by atoms with van der Waals surface area (Å²) in [6.07, 6.45) is 1.81. The number of carbonyl (C=O) groups excluding carboxylic acids is 1. The number of fused-ring (bicyclic) bond motifs is 1. The van der Waals surface area contributed by atoms with E-state index in [-0.39, 0.29) is 11.9 Å². The summed E-state index contributed by atoms with van der Waals surface area (Å²) in [5, 5.41) is 0.882. The SMILES string of the molecule is COc1ccc2nc(C3CCCN3C(=O)c3nc(C)sc3-c3ccc(Br)cc3)[nH]c2c1. The number of H-pyrrole nitrogens is 1. The van der Waals surface area contributed by atoms with Gasteiger partial charge in [-0.05, 0) is 49.6 Å². The number of nitrogens with zero attached hydrogens (tertiary/aromatic N) is 3. The normalized spacial score (nSPS) is 16.2. The number of carbonyl (C=O) groups is 1. The van der Waals surface area contributed by atoms with E-state index < -0.39 is 0 Å². The summed E-state index contributed by atoms with van der Waals surface area (Å²) in [4.78, 5) is 29.2. The third kappa shape index (κ3) is 3.74. The molecule has 0 aliphatic carbocycles. The predicted molar refractivity (Wildman–Crippen MR) is 126 cm³/mol. The second kappa shape index (κ2) is 8.09. The van der Waals surface area contributed by atoms with E-state index in [0.717, 1.165) is 55.4 Å². The van der Waals surface area contributed by atoms with Crippen LogP contribution in [0.2, 0.25) is 0 Å². The molecule has 2 aromatic carbocycles. The second-order valence-electron chi connectivity index (χ2n) is 7.58. The number of amides is 1. The van der Waals surface area contributed by atoms with Gasteiger partial charge in [-0.25, -0.2) is 9.97 Å². The van der Waals surface area contributed by atoms with E-state index in [1.54, 1.807) is 18.4 Å². The van der Waals surface area contributed by atoms with Gasteiger partial charge in [0.25, 0.3) is 5.91 Å². The summed E-state index contributed by atoms with van der Waals surface area (Å²) in [6, 6.07) is 13.7. The van der Waals surface area contributed by atoms with Crippen LogP contribution in [0.15, 0.2) is 46.9 Å². The number of imidazole rings is 1. The molecular weight excluding hydrogens is 476 g/mol. The van der Waals surface area contributed by atoms with Gasteiger partial charge < -0.3 is 14.6 Å². The minimum atomic E-state index is -0.0920. The molecule has 1 aliphatic rings. The molecule has 8 heteroatoms. The molecule has 1 unspecified atom stereocenters. The first-order valence-electron chi connectivity index (χ1n) is 10.1. The fraction of sp³-hybridized carbons (Fsp3) is 0.261. The molecule has 0 saturated carbocycles. The third-order valence-corrected chi connectivity index (χ3v) is 7.13. The van der Waals surface area contributed by atoms with Crippen LogP contribution < -0.4 is 4.74 Å². The molecule has 1 fully saturated rings. The molecule has 1 atom stereocenters. The van der Waals surface area contributed by atoms with Crippen LogP contribution in [-0.4, -0.2) is 39.4 Å². The summed E-state index contributed by atoms with van der Waals surface area (Å²) >= 11 is 5.03. The number of rotatable bonds is 4. The summed E-state index contributed by atoms with van der Waals surface area (Å²) in [6.45, 7) is 2.64. The molecule has 1 aliphatic heterocycles. The van der Waals surface area contributed by atoms with Gasteiger partial charge in [0, 0.05) is 17.1 Å². The first-order chi connectivity index (χ1) is 15.0. The molecule has 0 spiro atoms. The van der Waals surface area contributed by atoms with E-state index >= 15 is 0 Å². The van der Waals surface area contributed by atoms with E-state index in [9.17, 15) is 4.79 Å². The molecule has 158 valence electrons. The number of aryl methyl sites for hydroxylation is 1. The summed E-state index contributed by atoms with van der Waals surface area (Å²) in [5.41, 5.74) is 3.31. The number of nitrogens with one attached hydrogen (secondary N) is 1. The standard InChI is InChI=1S/C23H21BrN4O2S/c1-13-25-20(21(31-13)14-5-7-15(24)8-6-14)23(29)28-11-3-4-19(28)22-26-17-10-9-16(30-2)12-18(17)27-22/h5-10,12,19H,3-4,11H2,1-2H3,(H,26,27). The van der Waals surface area contributed by atoms with Crippen molar-refractivity contribution in [2.45, 2.75) is 25.8 Å². The van der Waals surface area contributed by atoms with Gasteiger partial charge in [0.15, 0.2) is 0 Å². The Morgan fingerprint density at radius 3 is 2.81 bits per heavy atom. The van der Waals surface area contributed by atoms with Gasteiger partial charge in [-0.2, -0.15) is 0 Å². The Kier molecular flexibility index (Phi) is 5.27. The number of likely N-dealkylation sites (tertiary alicyclic amines) is 1. The maximum Gasteiger partial charge on any atom is 0.274 e. The summed E-state index contributed by atoms with van der Waals surface area (Å²) in [7, 11) is 1.65. The van der Waals surface area contributed by atoms with E-state index in [4.69, 9.17) is 9.72 Å². The molecule has 6 nitrogen and oxygen atoms in total. The fourth-order valence-electron chi connectivity index (χ4n) is 4.09. The van der Waals surface area contributed by atoms with Crippen molar-refractivity contribution in [1.82, 2.24) is 19.9 Å². The number of aromatic amines is 1. The van der Waals surface area contributed by atoms with E-state index in [2.05, 4.69) is 25.9 Å². The van der Waals surface area contributed by atoms with E-state index in [0.29, 0.717) is 12.2 Å². The molecule has 1 saturated heterocycles. The zero-order chi connectivity index (χ0) is 21.5. The van der Waals surface area contributed by atoms with Gasteiger partial charge in [0.05, 0.1) is 34.1 Å². The maximum absolute atomic E-state index is 13.6. The van der Waals surface area contributed by atoms with Crippen molar-refractivity contribution in [2.24, 2.45) is 0 Å². The number of ether oxygens (including phenoxy) is 1. The van der Waals surface area contributed by atoms with Crippen LogP contribution in [0.25, 0.3) is 21.5 Å². The minimum absolute atomic E-state index is 0.0391. The van der Waals surface area contributed by atoms with Crippen molar-refractivity contribution in [3.63, 3.8) is 0 Å². The monoisotopic (exact) mass is 496 g/mol. The Morgan fingerprint density at radius 1 is 1.23 bits per heavy atom. The molecule has 4 aromatic rings. The molecule has 1 N–H and O–H groups in total. The van der Waals surface area contributed by atoms with Crippen molar-refractivity contribution < 1.29 is 9.53 Å². The molecule has 1 amide bonds. The van der Waals surface area contributed by atoms with Gasteiger partial charge >= 0.3 is 0 Å². The lowest BCUT2D eigenvalue weighted by atomic mass is 10.1. The maximum atomic E-state index is 13.6. The number of halogens is 1. The minimum Gasteiger partial charge on any atom is -0.497 e. The molecule has 5 rings (SSSR count). The lowest BCUT2D eigenvalue weighted by Gasteiger charge is -2.22. The largest absolute Gasteiger partial charge is 0.497 e. The Morgan fingerprint density at radius 2 is 2.03 bits per heavy atom. The van der Waals surface area contributed by atoms with E-state index in [1.165, 1.54) is 0 Å². The quantitative estimate of drug-likeness (QED) is 0.390. The Labute approximate surface area is 192 Å². The highest BCUT2D eigenvalue weighted by Gasteiger charge is 2.35. The number of hydrogen-bond acceptors (Lipinski definition) is 5. The first-order valence-corrected chi connectivity index (χ1v) is 11.7. The Bertz CT molecular complexity index is 1260. The molecule has 0 bridgehead atoms. The zero-order valence-corrected chi connectivity index (χ0v) is 19.6. The molecule has 0 radical (unpaired) electrons. The third-order valence-electron chi connectivity index (χ3n) is 5.58. The Balaban J connectivity index is 1.49. The number of thiazole rings is 1. The van der Waals surface area contributed by atoms with Gasteiger partial charge in [0.2, 0.25) is 0 Å². The van der Waals surface area contributed by atoms with Gasteiger partial charge in [-0.3, -0.25) is 4.79 Å². The number of benzene rings is 2. The van der Waals surface area contributed by atoms with E-state index in [1.807, 2.05) is 54.3 Å². The van der Waals surface area contributed by atoms with Gasteiger partial charge in [-0.15, -0.1) is 11.3 Å². The van der Waals surface area contributed by atoms with Crippen LogP contribution in [0.5, 0.6) is 5.75 Å². The summed E-state index contributed by atoms with van der Waals surface area (Å²) < 4.78 is 6.32. The number of methoxy groups -OCH3 is 1. The molecule has 31 heavy (non-hydrogen) atoms. The average molecular weight is 497 g/mol. The fourth-order valence-corrected chi connectivity index (χ4v) is 5.27. The van der Waals surface area contributed by atoms with Gasteiger partial charge in [0.1, 0.15) is 17.3 Å². The van der Waals surface area contributed by atoms with Crippen molar-refractivity contribution in [3.8, 4) is 16.2 Å². The van der Waals surface area contributed by atoms with Crippen molar-refractivity contribution in [2.75, 3.05) is 13.7 Å². The van der Waals surface area contributed by atoms with Crippen molar-refractivity contribution >= 4 is 44.2 Å². The highest BCUT2D eigenvalue weighted by Crippen LogP contribution is 2.37. The second-order valence-corrected chi connectivity index (χ2v) is 9.70. The molecule has 2 aromatic heterocycles. The van der Waals surface area contributed by atoms with Crippen LogP contribution >= 0.6 is 27.3 Å². The number of hydrogen-bond donors (Lipinski definition) is 1. The predicted octanol–water partition coefficient (Wildman–Crippen LogP) is 5.74. The van der Waals surface area contributed by atoms with Crippen LogP contribution in [0, 0.1) is 6.92 Å². The van der Waals surface area contributed by atoms with Crippen LogP contribution in [0.4, 0.5) is 0 Å². The average Bonchev–Trinajstić information content (AvgIpc) is 3.50. The highest BCUT2D eigenvalue weighted by molar-refractivity contribution is 9.10.